The zero-order valence-electron chi connectivity index (χ0n) is 11.2. The first-order valence-electron chi connectivity index (χ1n) is 6.86. The number of pyridine rings is 2. The molecule has 3 aromatic rings. The van der Waals surface area contributed by atoms with Crippen molar-refractivity contribution in [2.45, 2.75) is 25.4 Å². The second kappa shape index (κ2) is 5.07. The number of rotatable bonds is 2. The summed E-state index contributed by atoms with van der Waals surface area (Å²) in [7, 11) is 0. The Bertz CT molecular complexity index is 799. The number of aryl methyl sites for hydroxylation is 1. The highest BCUT2D eigenvalue weighted by molar-refractivity contribution is 9.10. The summed E-state index contributed by atoms with van der Waals surface area (Å²) >= 11 is 3.43. The fourth-order valence-corrected chi connectivity index (χ4v) is 3.06. The normalized spacial score (nSPS) is 17.7. The summed E-state index contributed by atoms with van der Waals surface area (Å²) in [6, 6.07) is 4.09. The molecular weight excluding hydrogens is 332 g/mol. The summed E-state index contributed by atoms with van der Waals surface area (Å²) in [5, 5.41) is 7.80. The molecule has 4 heterocycles. The molecule has 0 radical (unpaired) electrons. The number of fused-ring (bicyclic) bond motifs is 2. The average molecular weight is 345 g/mol. The van der Waals surface area contributed by atoms with E-state index in [1.807, 2.05) is 16.8 Å². The van der Waals surface area contributed by atoms with E-state index in [9.17, 15) is 0 Å². The van der Waals surface area contributed by atoms with Gasteiger partial charge in [0.25, 0.3) is 0 Å². The minimum absolute atomic E-state index is 0.164. The van der Waals surface area contributed by atoms with Gasteiger partial charge in [0.2, 0.25) is 0 Å². The highest BCUT2D eigenvalue weighted by atomic mass is 79.9. The Balaban J connectivity index is 1.73. The number of nitrogens with one attached hydrogen (secondary N) is 1. The van der Waals surface area contributed by atoms with Crippen molar-refractivity contribution in [3.05, 3.63) is 41.2 Å². The number of hydrogen-bond donors (Lipinski definition) is 1. The summed E-state index contributed by atoms with van der Waals surface area (Å²) in [4.78, 5) is 13.2. The van der Waals surface area contributed by atoms with Crippen LogP contribution in [0.3, 0.4) is 0 Å². The molecular formula is C14H13BrN6. The van der Waals surface area contributed by atoms with Crippen LogP contribution in [0.4, 0.5) is 5.69 Å². The Labute approximate surface area is 129 Å². The van der Waals surface area contributed by atoms with Crippen LogP contribution in [0, 0.1) is 0 Å². The molecule has 0 saturated heterocycles. The van der Waals surface area contributed by atoms with Crippen LogP contribution < -0.4 is 5.32 Å². The number of aromatic nitrogens is 5. The lowest BCUT2D eigenvalue weighted by molar-refractivity contribution is 0.438. The number of hydrogen-bond acceptors (Lipinski definition) is 5. The van der Waals surface area contributed by atoms with Crippen molar-refractivity contribution >= 4 is 32.7 Å². The van der Waals surface area contributed by atoms with E-state index >= 15 is 0 Å². The maximum Gasteiger partial charge on any atom is 0.149 e. The second-order valence-corrected chi connectivity index (χ2v) is 5.98. The van der Waals surface area contributed by atoms with Crippen molar-refractivity contribution in [3.8, 4) is 0 Å². The van der Waals surface area contributed by atoms with Crippen LogP contribution in [0.25, 0.3) is 11.0 Å². The molecule has 1 atom stereocenters. The quantitative estimate of drug-likeness (QED) is 0.773. The predicted molar refractivity (Wildman–Crippen MR) is 82.9 cm³/mol. The number of anilines is 1. The smallest absolute Gasteiger partial charge is 0.149 e. The highest BCUT2D eigenvalue weighted by Crippen LogP contribution is 2.29. The standard InChI is InChI=1S/C14H13BrN6/c15-9-6-12-13(17-7-9)10(3-4-16-12)20-11-2-1-5-21-14(11)18-8-19-21/h3-4,6-8,11H,1-2,5H2,(H,16,20)/t11-/m0/s1. The Morgan fingerprint density at radius 1 is 1.29 bits per heavy atom. The van der Waals surface area contributed by atoms with Gasteiger partial charge in [-0.15, -0.1) is 0 Å². The Kier molecular flexibility index (Phi) is 3.07. The first-order valence-corrected chi connectivity index (χ1v) is 7.65. The Morgan fingerprint density at radius 3 is 3.19 bits per heavy atom. The number of nitrogens with zero attached hydrogens (tertiary/aromatic N) is 5. The van der Waals surface area contributed by atoms with Gasteiger partial charge in [0, 0.05) is 23.4 Å². The van der Waals surface area contributed by atoms with Crippen molar-refractivity contribution in [1.82, 2.24) is 24.7 Å². The fraction of sp³-hybridized carbons (Fsp3) is 0.286. The molecule has 21 heavy (non-hydrogen) atoms. The van der Waals surface area contributed by atoms with Gasteiger partial charge in [-0.2, -0.15) is 5.10 Å². The van der Waals surface area contributed by atoms with Crippen LogP contribution >= 0.6 is 15.9 Å². The lowest BCUT2D eigenvalue weighted by Gasteiger charge is -2.24. The molecule has 3 aromatic heterocycles. The first kappa shape index (κ1) is 12.7. The second-order valence-electron chi connectivity index (χ2n) is 5.06. The van der Waals surface area contributed by atoms with E-state index < -0.39 is 0 Å². The zero-order chi connectivity index (χ0) is 14.2. The summed E-state index contributed by atoms with van der Waals surface area (Å²) in [5.74, 6) is 0.989. The molecule has 1 N–H and O–H groups in total. The van der Waals surface area contributed by atoms with Gasteiger partial charge in [0.15, 0.2) is 0 Å². The maximum absolute atomic E-state index is 4.48. The summed E-state index contributed by atoms with van der Waals surface area (Å²) in [6.45, 7) is 0.940. The molecule has 0 unspecified atom stereocenters. The molecule has 0 aliphatic carbocycles. The third-order valence-electron chi connectivity index (χ3n) is 3.69. The van der Waals surface area contributed by atoms with Crippen LogP contribution in [0.2, 0.25) is 0 Å². The minimum atomic E-state index is 0.164. The average Bonchev–Trinajstić information content (AvgIpc) is 2.97. The van der Waals surface area contributed by atoms with Crippen LogP contribution in [0.1, 0.15) is 24.7 Å². The SMILES string of the molecule is Brc1cnc2c(N[C@H]3CCCn4ncnc43)ccnc2c1. The van der Waals surface area contributed by atoms with Crippen LogP contribution in [0.15, 0.2) is 35.3 Å². The molecule has 1 aliphatic rings. The summed E-state index contributed by atoms with van der Waals surface area (Å²) in [6.07, 6.45) is 7.34. The zero-order valence-corrected chi connectivity index (χ0v) is 12.8. The molecule has 0 fully saturated rings. The van der Waals surface area contributed by atoms with E-state index in [4.69, 9.17) is 0 Å². The van der Waals surface area contributed by atoms with Crippen LogP contribution in [-0.4, -0.2) is 24.7 Å². The van der Waals surface area contributed by atoms with Crippen molar-refractivity contribution in [1.29, 1.82) is 0 Å². The molecule has 7 heteroatoms. The fourth-order valence-electron chi connectivity index (χ4n) is 2.74. The maximum atomic E-state index is 4.48. The molecule has 0 bridgehead atoms. The van der Waals surface area contributed by atoms with E-state index in [1.165, 1.54) is 0 Å². The molecule has 1 aliphatic heterocycles. The lowest BCUT2D eigenvalue weighted by Crippen LogP contribution is -2.22. The summed E-state index contributed by atoms with van der Waals surface area (Å²) in [5.41, 5.74) is 2.72. The van der Waals surface area contributed by atoms with Gasteiger partial charge < -0.3 is 5.32 Å². The van der Waals surface area contributed by atoms with Crippen molar-refractivity contribution in [3.63, 3.8) is 0 Å². The molecule has 6 nitrogen and oxygen atoms in total. The molecule has 0 aromatic carbocycles. The van der Waals surface area contributed by atoms with Gasteiger partial charge in [-0.05, 0) is 40.9 Å². The topological polar surface area (TPSA) is 68.5 Å². The molecule has 0 saturated carbocycles. The van der Waals surface area contributed by atoms with Gasteiger partial charge in [-0.25, -0.2) is 9.67 Å². The van der Waals surface area contributed by atoms with E-state index in [0.29, 0.717) is 0 Å². The molecule has 0 spiro atoms. The van der Waals surface area contributed by atoms with Crippen molar-refractivity contribution in [2.75, 3.05) is 5.32 Å². The monoisotopic (exact) mass is 344 g/mol. The molecule has 106 valence electrons. The number of halogens is 1. The molecule has 0 amide bonds. The Morgan fingerprint density at radius 2 is 2.24 bits per heavy atom. The largest absolute Gasteiger partial charge is 0.373 e. The molecule has 4 rings (SSSR count). The Hall–Kier alpha value is -2.02. The van der Waals surface area contributed by atoms with Gasteiger partial charge in [0.1, 0.15) is 17.7 Å². The van der Waals surface area contributed by atoms with E-state index in [2.05, 4.69) is 41.3 Å². The summed E-state index contributed by atoms with van der Waals surface area (Å²) < 4.78 is 2.89. The van der Waals surface area contributed by atoms with Gasteiger partial charge >= 0.3 is 0 Å². The van der Waals surface area contributed by atoms with Crippen molar-refractivity contribution < 1.29 is 0 Å². The van der Waals surface area contributed by atoms with Crippen molar-refractivity contribution in [2.24, 2.45) is 0 Å². The van der Waals surface area contributed by atoms with Gasteiger partial charge in [0.05, 0.1) is 17.2 Å². The van der Waals surface area contributed by atoms with Crippen LogP contribution in [0.5, 0.6) is 0 Å². The third-order valence-corrected chi connectivity index (χ3v) is 4.13. The van der Waals surface area contributed by atoms with E-state index in [0.717, 1.165) is 46.4 Å². The van der Waals surface area contributed by atoms with Gasteiger partial charge in [-0.1, -0.05) is 0 Å². The van der Waals surface area contributed by atoms with Crippen LogP contribution in [-0.2, 0) is 6.54 Å². The lowest BCUT2D eigenvalue weighted by atomic mass is 10.1. The predicted octanol–water partition coefficient (Wildman–Crippen LogP) is 2.93. The van der Waals surface area contributed by atoms with E-state index in [1.54, 1.807) is 18.7 Å². The third kappa shape index (κ3) is 2.27. The minimum Gasteiger partial charge on any atom is -0.373 e. The van der Waals surface area contributed by atoms with Gasteiger partial charge in [-0.3, -0.25) is 9.97 Å². The highest BCUT2D eigenvalue weighted by Gasteiger charge is 2.22. The first-order chi connectivity index (χ1) is 10.3. The van der Waals surface area contributed by atoms with E-state index in [-0.39, 0.29) is 6.04 Å².